The van der Waals surface area contributed by atoms with Crippen molar-refractivity contribution in [3.63, 3.8) is 0 Å². The number of H-pyrrole nitrogens is 1. The summed E-state index contributed by atoms with van der Waals surface area (Å²) in [6.07, 6.45) is 30.5. The Hall–Kier alpha value is -3.26. The molecule has 0 radical (unpaired) electrons. The summed E-state index contributed by atoms with van der Waals surface area (Å²) in [4.78, 5) is 39.2. The number of ether oxygens (including phenoxy) is 3. The van der Waals surface area contributed by atoms with E-state index in [1.807, 2.05) is 27.7 Å². The van der Waals surface area contributed by atoms with Crippen LogP contribution >= 0.6 is 0 Å². The minimum absolute atomic E-state index is 0.213. The standard InChI is InChI=1S/C30H52O5.C6H12.C4H8O.C3H4N2/c1-25(2)17-13-14-18-27(5)24-30(32)35-22-16-10-8-12-20-28(33-6)19-11-7-9-15-21-34-29(31)23-26(3)4;1-4-5-6(2)3;1-2-3-4-5;1-2-5-3-4-1/h17,23-24,28H,7-16,18-22H2,1-6H3;5H,4H2,1-3H3;4H,2-3H2,1H3;1-3H,(H,4,5)/b27-24+;;;. The van der Waals surface area contributed by atoms with Gasteiger partial charge in [-0.05, 0) is 106 Å². The summed E-state index contributed by atoms with van der Waals surface area (Å²) < 4.78 is 16.2. The zero-order valence-corrected chi connectivity index (χ0v) is 34.3. The van der Waals surface area contributed by atoms with E-state index >= 15 is 0 Å². The molecule has 1 aromatic heterocycles. The maximum atomic E-state index is 11.9. The van der Waals surface area contributed by atoms with Gasteiger partial charge in [-0.15, -0.1) is 0 Å². The number of carbonyl (C=O) groups excluding carboxylic acids is 3. The first-order valence-corrected chi connectivity index (χ1v) is 19.2. The molecule has 1 heterocycles. The summed E-state index contributed by atoms with van der Waals surface area (Å²) in [7, 11) is 1.80. The van der Waals surface area contributed by atoms with E-state index in [9.17, 15) is 14.4 Å². The third kappa shape index (κ3) is 48.9. The number of allylic oxidation sites excluding steroid dienone is 6. The lowest BCUT2D eigenvalue weighted by atomic mass is 10.0. The smallest absolute Gasteiger partial charge is 0.330 e. The van der Waals surface area contributed by atoms with Gasteiger partial charge in [-0.2, -0.15) is 0 Å². The van der Waals surface area contributed by atoms with E-state index in [1.54, 1.807) is 31.9 Å². The Morgan fingerprint density at radius 3 is 1.61 bits per heavy atom. The Bertz CT molecular complexity index is 1030. The number of aromatic amines is 1. The molecular weight excluding hydrogens is 640 g/mol. The van der Waals surface area contributed by atoms with Gasteiger partial charge in [0.15, 0.2) is 0 Å². The van der Waals surface area contributed by atoms with Crippen LogP contribution in [0.2, 0.25) is 0 Å². The predicted octanol–water partition coefficient (Wildman–Crippen LogP) is 11.8. The number of unbranched alkanes of at least 4 members (excludes halogenated alkanes) is 8. The monoisotopic (exact) mass is 717 g/mol. The molecule has 0 amide bonds. The lowest BCUT2D eigenvalue weighted by molar-refractivity contribution is -0.138. The van der Waals surface area contributed by atoms with Gasteiger partial charge in [0.05, 0.1) is 25.6 Å². The van der Waals surface area contributed by atoms with Gasteiger partial charge in [0.25, 0.3) is 0 Å². The largest absolute Gasteiger partial charge is 0.463 e. The van der Waals surface area contributed by atoms with Crippen molar-refractivity contribution in [2.24, 2.45) is 0 Å². The minimum atomic E-state index is -0.240. The van der Waals surface area contributed by atoms with Gasteiger partial charge in [0, 0.05) is 38.1 Å². The van der Waals surface area contributed by atoms with Gasteiger partial charge in [-0.1, -0.05) is 86.8 Å². The molecule has 0 bridgehead atoms. The lowest BCUT2D eigenvalue weighted by Crippen LogP contribution is -2.10. The summed E-state index contributed by atoms with van der Waals surface area (Å²) in [5.41, 5.74) is 4.80. The fourth-order valence-electron chi connectivity index (χ4n) is 4.49. The second-order valence-electron chi connectivity index (χ2n) is 13.4. The van der Waals surface area contributed by atoms with Crippen molar-refractivity contribution in [1.29, 1.82) is 0 Å². The van der Waals surface area contributed by atoms with Crippen LogP contribution in [0.4, 0.5) is 0 Å². The molecule has 1 unspecified atom stereocenters. The van der Waals surface area contributed by atoms with E-state index in [4.69, 9.17) is 14.2 Å². The maximum Gasteiger partial charge on any atom is 0.330 e. The van der Waals surface area contributed by atoms with Crippen LogP contribution in [0.15, 0.2) is 65.3 Å². The topological polar surface area (TPSA) is 108 Å². The number of methoxy groups -OCH3 is 1. The van der Waals surface area contributed by atoms with E-state index in [0.717, 1.165) is 107 Å². The van der Waals surface area contributed by atoms with Gasteiger partial charge >= 0.3 is 11.9 Å². The molecule has 1 aromatic rings. The number of aldehydes is 1. The Morgan fingerprint density at radius 1 is 0.706 bits per heavy atom. The Morgan fingerprint density at radius 2 is 1.25 bits per heavy atom. The van der Waals surface area contributed by atoms with Crippen LogP contribution in [0.3, 0.4) is 0 Å². The molecule has 0 aliphatic rings. The molecule has 0 fully saturated rings. The van der Waals surface area contributed by atoms with Crippen molar-refractivity contribution in [3.8, 4) is 0 Å². The zero-order valence-electron chi connectivity index (χ0n) is 34.3. The fourth-order valence-corrected chi connectivity index (χ4v) is 4.49. The number of nitrogens with one attached hydrogen (secondary N) is 1. The molecule has 0 aliphatic heterocycles. The molecular formula is C43H76N2O6. The van der Waals surface area contributed by atoms with Crippen LogP contribution < -0.4 is 0 Å². The van der Waals surface area contributed by atoms with E-state index < -0.39 is 0 Å². The number of nitrogens with zero attached hydrogens (tertiary/aromatic N) is 1. The molecule has 294 valence electrons. The molecule has 8 heteroatoms. The van der Waals surface area contributed by atoms with Gasteiger partial charge in [-0.3, -0.25) is 0 Å². The average Bonchev–Trinajstić information content (AvgIpc) is 3.66. The normalized spacial score (nSPS) is 10.7. The van der Waals surface area contributed by atoms with Crippen molar-refractivity contribution in [3.05, 3.63) is 65.3 Å². The van der Waals surface area contributed by atoms with Crippen LogP contribution in [0.5, 0.6) is 0 Å². The van der Waals surface area contributed by atoms with Gasteiger partial charge in [-0.25, -0.2) is 14.6 Å². The highest BCUT2D eigenvalue weighted by Crippen LogP contribution is 2.15. The number of aromatic nitrogens is 2. The molecule has 1 rings (SSSR count). The highest BCUT2D eigenvalue weighted by Gasteiger charge is 2.07. The molecule has 8 nitrogen and oxygen atoms in total. The van der Waals surface area contributed by atoms with Crippen molar-refractivity contribution >= 4 is 18.2 Å². The van der Waals surface area contributed by atoms with Crippen molar-refractivity contribution in [1.82, 2.24) is 9.97 Å². The molecule has 0 saturated carbocycles. The number of imidazole rings is 1. The van der Waals surface area contributed by atoms with Crippen molar-refractivity contribution in [2.45, 2.75) is 171 Å². The first-order chi connectivity index (χ1) is 24.4. The number of esters is 2. The summed E-state index contributed by atoms with van der Waals surface area (Å²) in [5, 5.41) is 0. The second kappa shape index (κ2) is 41.2. The quantitative estimate of drug-likeness (QED) is 0.0373. The molecule has 0 aromatic carbocycles. The Balaban J connectivity index is -0.00000117. The van der Waals surface area contributed by atoms with Crippen LogP contribution in [0, 0.1) is 0 Å². The summed E-state index contributed by atoms with van der Waals surface area (Å²) in [6, 6.07) is 0. The van der Waals surface area contributed by atoms with Crippen molar-refractivity contribution in [2.75, 3.05) is 20.3 Å². The minimum Gasteiger partial charge on any atom is -0.463 e. The van der Waals surface area contributed by atoms with E-state index in [-0.39, 0.29) is 11.9 Å². The molecule has 0 aliphatic carbocycles. The van der Waals surface area contributed by atoms with E-state index in [1.165, 1.54) is 23.6 Å². The molecule has 1 atom stereocenters. The lowest BCUT2D eigenvalue weighted by Gasteiger charge is -2.15. The zero-order chi connectivity index (χ0) is 39.0. The molecule has 51 heavy (non-hydrogen) atoms. The third-order valence-corrected chi connectivity index (χ3v) is 7.19. The number of hydrogen-bond acceptors (Lipinski definition) is 7. The summed E-state index contributed by atoms with van der Waals surface area (Å²) in [6.45, 7) is 19.3. The fraction of sp³-hybridized carbons (Fsp3) is 0.674. The van der Waals surface area contributed by atoms with Gasteiger partial charge < -0.3 is 24.0 Å². The van der Waals surface area contributed by atoms with Crippen LogP contribution in [-0.4, -0.2) is 54.6 Å². The Labute approximate surface area is 313 Å². The molecule has 1 N–H and O–H groups in total. The highest BCUT2D eigenvalue weighted by molar-refractivity contribution is 5.83. The molecule has 0 spiro atoms. The average molecular weight is 717 g/mol. The third-order valence-electron chi connectivity index (χ3n) is 7.19. The summed E-state index contributed by atoms with van der Waals surface area (Å²) >= 11 is 0. The predicted molar refractivity (Wildman–Crippen MR) is 215 cm³/mol. The van der Waals surface area contributed by atoms with Crippen LogP contribution in [0.1, 0.15) is 165 Å². The maximum absolute atomic E-state index is 11.9. The van der Waals surface area contributed by atoms with Crippen LogP contribution in [-0.2, 0) is 28.6 Å². The Kier molecular flexibility index (Phi) is 42.1. The number of hydrogen-bond donors (Lipinski definition) is 1. The number of rotatable bonds is 24. The first-order valence-electron chi connectivity index (χ1n) is 19.2. The molecule has 0 saturated heterocycles. The van der Waals surface area contributed by atoms with E-state index in [0.29, 0.717) is 25.7 Å². The van der Waals surface area contributed by atoms with Gasteiger partial charge in [0.2, 0.25) is 0 Å². The van der Waals surface area contributed by atoms with Crippen molar-refractivity contribution < 1.29 is 28.6 Å². The van der Waals surface area contributed by atoms with Crippen LogP contribution in [0.25, 0.3) is 0 Å². The van der Waals surface area contributed by atoms with Gasteiger partial charge in [0.1, 0.15) is 6.29 Å². The number of carbonyl (C=O) groups is 3. The summed E-state index contributed by atoms with van der Waals surface area (Å²) in [5.74, 6) is -0.453. The SMILES string of the molecule is CCC=C(C)C.CCCC=O.COC(CCCCCCOC(=O)C=C(C)C)CCCCCCOC(=O)/C=C(\C)CCCC=C(C)C.c1c[nH]cn1. The first kappa shape index (κ1) is 52.1. The highest BCUT2D eigenvalue weighted by atomic mass is 16.5. The second-order valence-corrected chi connectivity index (χ2v) is 13.4. The van der Waals surface area contributed by atoms with E-state index in [2.05, 4.69) is 56.7 Å².